The number of amides is 1. The number of anilines is 1. The van der Waals surface area contributed by atoms with Gasteiger partial charge in [0.1, 0.15) is 6.04 Å². The van der Waals surface area contributed by atoms with E-state index in [0.717, 1.165) is 38.0 Å². The van der Waals surface area contributed by atoms with Crippen LogP contribution in [0, 0.1) is 11.8 Å². The molecule has 0 aliphatic carbocycles. The van der Waals surface area contributed by atoms with Gasteiger partial charge in [-0.25, -0.2) is 20.3 Å². The number of hydrogen-bond donors (Lipinski definition) is 4. The van der Waals surface area contributed by atoms with Crippen molar-refractivity contribution < 1.29 is 24.3 Å². The fraction of sp³-hybridized carbons (Fsp3) is 0.600. The number of piperidine rings is 1. The predicted octanol–water partition coefficient (Wildman–Crippen LogP) is 3.50. The van der Waals surface area contributed by atoms with Gasteiger partial charge < -0.3 is 25.4 Å². The predicted molar refractivity (Wildman–Crippen MR) is 157 cm³/mol. The van der Waals surface area contributed by atoms with Crippen LogP contribution in [0.5, 0.6) is 0 Å². The average molecular weight is 571 g/mol. The molecule has 0 saturated carbocycles. The molecular formula is C30H46N6O5. The van der Waals surface area contributed by atoms with E-state index in [4.69, 9.17) is 9.57 Å². The van der Waals surface area contributed by atoms with E-state index in [9.17, 15) is 14.7 Å². The summed E-state index contributed by atoms with van der Waals surface area (Å²) in [7, 11) is 0. The Morgan fingerprint density at radius 1 is 0.976 bits per heavy atom. The summed E-state index contributed by atoms with van der Waals surface area (Å²) in [6.07, 6.45) is 5.00. The number of benzene rings is 1. The van der Waals surface area contributed by atoms with Gasteiger partial charge >= 0.3 is 5.97 Å². The molecule has 4 N–H and O–H groups in total. The van der Waals surface area contributed by atoms with E-state index in [0.29, 0.717) is 49.0 Å². The first-order valence-electron chi connectivity index (χ1n) is 14.5. The molecule has 2 heterocycles. The molecule has 226 valence electrons. The van der Waals surface area contributed by atoms with Gasteiger partial charge in [-0.1, -0.05) is 52.0 Å². The summed E-state index contributed by atoms with van der Waals surface area (Å²) in [5.41, 5.74) is 4.97. The maximum Gasteiger partial charge on any atom is 0.320 e. The Hall–Kier alpha value is -3.12. The van der Waals surface area contributed by atoms with Crippen LogP contribution >= 0.6 is 0 Å². The highest BCUT2D eigenvalue weighted by molar-refractivity contribution is 5.92. The van der Waals surface area contributed by atoms with Crippen LogP contribution in [0.1, 0.15) is 75.4 Å². The molecule has 1 saturated heterocycles. The third-order valence-corrected chi connectivity index (χ3v) is 6.84. The Kier molecular flexibility index (Phi) is 12.9. The fourth-order valence-corrected chi connectivity index (χ4v) is 4.46. The molecule has 11 nitrogen and oxygen atoms in total. The number of carbonyl (C=O) groups is 2. The van der Waals surface area contributed by atoms with E-state index in [1.54, 1.807) is 6.92 Å². The molecule has 1 aromatic carbocycles. The zero-order valence-corrected chi connectivity index (χ0v) is 24.9. The number of carboxylic acid groups (broad SMARTS) is 1. The molecule has 0 bridgehead atoms. The lowest BCUT2D eigenvalue weighted by atomic mass is 10.0. The third kappa shape index (κ3) is 11.3. The Morgan fingerprint density at radius 2 is 1.59 bits per heavy atom. The number of hydrogen-bond acceptors (Lipinski definition) is 9. The standard InChI is InChI=1S/C30H46N6O5/c1-20(2)14-27(29(38)39)32-16-24-8-6-23(7-9-24)15-31-26-10-12-36(13-11-26)30-33-17-25(18-34-30)28(37)35-41-22(5)40-19-21(3)4/h6-9,17-18,20-22,26-27,31-32H,10-16,19H2,1-5H3,(H,35,37)(H,38,39)/t22?,27-/m0/s1. The van der Waals surface area contributed by atoms with E-state index in [1.807, 2.05) is 27.7 Å². The summed E-state index contributed by atoms with van der Waals surface area (Å²) in [6, 6.07) is 8.14. The van der Waals surface area contributed by atoms with Crippen molar-refractivity contribution in [2.45, 2.75) is 85.3 Å². The van der Waals surface area contributed by atoms with Crippen molar-refractivity contribution >= 4 is 17.8 Å². The molecule has 11 heteroatoms. The van der Waals surface area contributed by atoms with Gasteiger partial charge in [0.05, 0.1) is 12.2 Å². The van der Waals surface area contributed by atoms with Crippen LogP contribution in [0.2, 0.25) is 0 Å². The van der Waals surface area contributed by atoms with Crippen molar-refractivity contribution in [1.82, 2.24) is 26.1 Å². The van der Waals surface area contributed by atoms with E-state index >= 15 is 0 Å². The number of carboxylic acids is 1. The van der Waals surface area contributed by atoms with Crippen molar-refractivity contribution in [3.05, 3.63) is 53.3 Å². The van der Waals surface area contributed by atoms with Crippen LogP contribution in [-0.2, 0) is 27.5 Å². The third-order valence-electron chi connectivity index (χ3n) is 6.84. The summed E-state index contributed by atoms with van der Waals surface area (Å²) in [4.78, 5) is 39.9. The Labute approximate surface area is 243 Å². The SMILES string of the molecule is CC(C)COC(C)ONC(=O)c1cnc(N2CCC(NCc3ccc(CN[C@@H](CC(C)C)C(=O)O)cc3)CC2)nc1. The van der Waals surface area contributed by atoms with Gasteiger partial charge in [0, 0.05) is 44.6 Å². The molecule has 2 atom stereocenters. The van der Waals surface area contributed by atoms with Crippen molar-refractivity contribution in [3.63, 3.8) is 0 Å². The summed E-state index contributed by atoms with van der Waals surface area (Å²) < 4.78 is 5.48. The summed E-state index contributed by atoms with van der Waals surface area (Å²) >= 11 is 0. The summed E-state index contributed by atoms with van der Waals surface area (Å²) in [5, 5.41) is 16.2. The summed E-state index contributed by atoms with van der Waals surface area (Å²) in [6.45, 7) is 13.4. The molecule has 2 aromatic rings. The van der Waals surface area contributed by atoms with E-state index in [2.05, 4.69) is 55.2 Å². The van der Waals surface area contributed by atoms with E-state index in [-0.39, 0.29) is 0 Å². The van der Waals surface area contributed by atoms with Crippen molar-refractivity contribution in [2.24, 2.45) is 11.8 Å². The molecule has 1 unspecified atom stereocenters. The maximum atomic E-state index is 12.3. The first-order chi connectivity index (χ1) is 19.6. The number of rotatable bonds is 16. The minimum absolute atomic E-state index is 0.320. The molecule has 1 fully saturated rings. The van der Waals surface area contributed by atoms with Crippen molar-refractivity contribution in [3.8, 4) is 0 Å². The second kappa shape index (κ2) is 16.4. The normalized spacial score (nSPS) is 15.7. The molecular weight excluding hydrogens is 524 g/mol. The maximum absolute atomic E-state index is 12.3. The lowest BCUT2D eigenvalue weighted by Crippen LogP contribution is -2.43. The minimum Gasteiger partial charge on any atom is -0.480 e. The molecule has 1 aliphatic rings. The van der Waals surface area contributed by atoms with Gasteiger partial charge in [0.2, 0.25) is 5.95 Å². The first-order valence-corrected chi connectivity index (χ1v) is 14.5. The number of aliphatic carboxylic acids is 1. The fourth-order valence-electron chi connectivity index (χ4n) is 4.46. The summed E-state index contributed by atoms with van der Waals surface area (Å²) in [5.74, 6) is 0.0818. The van der Waals surface area contributed by atoms with Gasteiger partial charge in [-0.2, -0.15) is 0 Å². The van der Waals surface area contributed by atoms with Crippen LogP contribution in [0.3, 0.4) is 0 Å². The largest absolute Gasteiger partial charge is 0.480 e. The monoisotopic (exact) mass is 570 g/mol. The lowest BCUT2D eigenvalue weighted by Gasteiger charge is -2.32. The highest BCUT2D eigenvalue weighted by Gasteiger charge is 2.21. The molecule has 1 aromatic heterocycles. The molecule has 41 heavy (non-hydrogen) atoms. The number of nitrogens with zero attached hydrogens (tertiary/aromatic N) is 3. The van der Waals surface area contributed by atoms with Crippen molar-refractivity contribution in [2.75, 3.05) is 24.6 Å². The number of hydroxylamine groups is 1. The minimum atomic E-state index is -0.805. The van der Waals surface area contributed by atoms with Gasteiger partial charge in [-0.15, -0.1) is 0 Å². The molecule has 3 rings (SSSR count). The molecule has 0 spiro atoms. The van der Waals surface area contributed by atoms with Gasteiger partial charge in [-0.05, 0) is 49.1 Å². The number of ether oxygens (including phenoxy) is 1. The van der Waals surface area contributed by atoms with Gasteiger partial charge in [0.25, 0.3) is 5.91 Å². The van der Waals surface area contributed by atoms with E-state index in [1.165, 1.54) is 18.0 Å². The number of nitrogens with one attached hydrogen (secondary N) is 3. The van der Waals surface area contributed by atoms with Crippen LogP contribution in [0.15, 0.2) is 36.7 Å². The highest BCUT2D eigenvalue weighted by atomic mass is 16.8. The van der Waals surface area contributed by atoms with Crippen LogP contribution in [0.25, 0.3) is 0 Å². The van der Waals surface area contributed by atoms with Gasteiger partial charge in [0.15, 0.2) is 6.29 Å². The highest BCUT2D eigenvalue weighted by Crippen LogP contribution is 2.17. The first kappa shape index (κ1) is 32.4. The molecule has 1 amide bonds. The second-order valence-corrected chi connectivity index (χ2v) is 11.5. The topological polar surface area (TPSA) is 138 Å². The Bertz CT molecular complexity index is 1070. The van der Waals surface area contributed by atoms with Gasteiger partial charge in [-0.3, -0.25) is 9.59 Å². The van der Waals surface area contributed by atoms with Crippen molar-refractivity contribution in [1.29, 1.82) is 0 Å². The Balaban J connectivity index is 1.37. The van der Waals surface area contributed by atoms with Crippen LogP contribution in [0.4, 0.5) is 5.95 Å². The number of carbonyl (C=O) groups excluding carboxylic acids is 1. The molecule has 0 radical (unpaired) electrons. The Morgan fingerprint density at radius 3 is 2.15 bits per heavy atom. The van der Waals surface area contributed by atoms with Crippen LogP contribution in [-0.4, -0.2) is 65.0 Å². The molecule has 1 aliphatic heterocycles. The smallest absolute Gasteiger partial charge is 0.320 e. The second-order valence-electron chi connectivity index (χ2n) is 11.5. The number of aromatic nitrogens is 2. The zero-order chi connectivity index (χ0) is 29.8. The lowest BCUT2D eigenvalue weighted by molar-refractivity contribution is -0.163. The van der Waals surface area contributed by atoms with E-state index < -0.39 is 24.2 Å². The zero-order valence-electron chi connectivity index (χ0n) is 24.9. The quantitative estimate of drug-likeness (QED) is 0.175. The average Bonchev–Trinajstić information content (AvgIpc) is 2.96. The van der Waals surface area contributed by atoms with Crippen LogP contribution < -0.4 is 21.0 Å².